The van der Waals surface area contributed by atoms with Crippen molar-refractivity contribution in [2.24, 2.45) is 0 Å². The van der Waals surface area contributed by atoms with Crippen molar-refractivity contribution in [2.45, 2.75) is 32.6 Å². The molecule has 0 atom stereocenters. The standard InChI is InChI=1S/C21H26BrN3O3/c1-21(2,3)14-9-10-18(16(22)13-14)28-12-6-11-24-20(27)25-19(26)15-7-4-5-8-17(15)23/h4-5,7-10,13H,6,11-12,23H2,1-3H3,(H2,24,25,26,27). The monoisotopic (exact) mass is 447 g/mol. The zero-order valence-electron chi connectivity index (χ0n) is 16.3. The van der Waals surface area contributed by atoms with E-state index in [1.54, 1.807) is 24.3 Å². The van der Waals surface area contributed by atoms with E-state index in [9.17, 15) is 9.59 Å². The molecule has 0 saturated heterocycles. The Kier molecular flexibility index (Phi) is 7.45. The molecule has 4 N–H and O–H groups in total. The Morgan fingerprint density at radius 2 is 1.86 bits per heavy atom. The van der Waals surface area contributed by atoms with Crippen LogP contribution in [0.3, 0.4) is 0 Å². The molecule has 6 nitrogen and oxygen atoms in total. The van der Waals surface area contributed by atoms with Crippen LogP contribution in [0.5, 0.6) is 5.75 Å². The normalized spacial score (nSPS) is 11.0. The first-order valence-electron chi connectivity index (χ1n) is 9.05. The fraction of sp³-hybridized carbons (Fsp3) is 0.333. The Hall–Kier alpha value is -2.54. The third-order valence-electron chi connectivity index (χ3n) is 4.09. The number of imide groups is 1. The average molecular weight is 448 g/mol. The van der Waals surface area contributed by atoms with Crippen molar-refractivity contribution >= 4 is 33.6 Å². The summed E-state index contributed by atoms with van der Waals surface area (Å²) in [6.45, 7) is 7.28. The van der Waals surface area contributed by atoms with E-state index in [0.717, 1.165) is 10.2 Å². The largest absolute Gasteiger partial charge is 0.492 e. The van der Waals surface area contributed by atoms with Gasteiger partial charge in [-0.1, -0.05) is 39.0 Å². The quantitative estimate of drug-likeness (QED) is 0.455. The zero-order chi connectivity index (χ0) is 20.7. The molecule has 0 fully saturated rings. The lowest BCUT2D eigenvalue weighted by molar-refractivity contribution is 0.0965. The van der Waals surface area contributed by atoms with E-state index in [0.29, 0.717) is 25.3 Å². The first-order valence-corrected chi connectivity index (χ1v) is 9.84. The van der Waals surface area contributed by atoms with E-state index >= 15 is 0 Å². The molecule has 0 aliphatic carbocycles. The van der Waals surface area contributed by atoms with Gasteiger partial charge in [0.15, 0.2) is 0 Å². The van der Waals surface area contributed by atoms with E-state index in [-0.39, 0.29) is 11.0 Å². The van der Waals surface area contributed by atoms with Gasteiger partial charge in [-0.25, -0.2) is 4.79 Å². The van der Waals surface area contributed by atoms with Gasteiger partial charge in [-0.3, -0.25) is 10.1 Å². The van der Waals surface area contributed by atoms with Gasteiger partial charge in [0.1, 0.15) is 5.75 Å². The molecule has 0 saturated carbocycles. The number of hydrogen-bond acceptors (Lipinski definition) is 4. The molecular formula is C21H26BrN3O3. The maximum atomic E-state index is 12.0. The fourth-order valence-electron chi connectivity index (χ4n) is 2.46. The molecule has 0 bridgehead atoms. The van der Waals surface area contributed by atoms with E-state index in [2.05, 4.69) is 53.4 Å². The number of halogens is 1. The van der Waals surface area contributed by atoms with E-state index in [1.165, 1.54) is 5.56 Å². The Morgan fingerprint density at radius 3 is 2.50 bits per heavy atom. The van der Waals surface area contributed by atoms with Gasteiger partial charge in [0, 0.05) is 12.2 Å². The first-order chi connectivity index (χ1) is 13.2. The Morgan fingerprint density at radius 1 is 1.14 bits per heavy atom. The summed E-state index contributed by atoms with van der Waals surface area (Å²) in [7, 11) is 0. The number of carbonyl (C=O) groups excluding carboxylic acids is 2. The van der Waals surface area contributed by atoms with Gasteiger partial charge in [0.2, 0.25) is 0 Å². The number of nitrogens with two attached hydrogens (primary N) is 1. The maximum Gasteiger partial charge on any atom is 0.321 e. The third kappa shape index (κ3) is 6.27. The Bertz CT molecular complexity index is 847. The van der Waals surface area contributed by atoms with Crippen LogP contribution < -0.4 is 21.1 Å². The van der Waals surface area contributed by atoms with Gasteiger partial charge in [-0.05, 0) is 57.6 Å². The van der Waals surface area contributed by atoms with E-state index in [4.69, 9.17) is 10.5 Å². The maximum absolute atomic E-state index is 12.0. The van der Waals surface area contributed by atoms with Crippen LogP contribution in [0.2, 0.25) is 0 Å². The number of rotatable bonds is 6. The Labute approximate surface area is 174 Å². The molecule has 0 aliphatic heterocycles. The van der Waals surface area contributed by atoms with Crippen LogP contribution in [0.15, 0.2) is 46.9 Å². The minimum absolute atomic E-state index is 0.0696. The van der Waals surface area contributed by atoms with Gasteiger partial charge in [-0.2, -0.15) is 0 Å². The number of nitrogens with one attached hydrogen (secondary N) is 2. The highest BCUT2D eigenvalue weighted by Crippen LogP contribution is 2.31. The summed E-state index contributed by atoms with van der Waals surface area (Å²) in [5, 5.41) is 4.89. The van der Waals surface area contributed by atoms with Crippen LogP contribution in [0, 0.1) is 0 Å². The highest BCUT2D eigenvalue weighted by molar-refractivity contribution is 9.10. The third-order valence-corrected chi connectivity index (χ3v) is 4.71. The number of urea groups is 1. The fourth-order valence-corrected chi connectivity index (χ4v) is 2.95. The van der Waals surface area contributed by atoms with E-state index in [1.807, 2.05) is 12.1 Å². The molecule has 0 aromatic heterocycles. The molecule has 28 heavy (non-hydrogen) atoms. The number of hydrogen-bond donors (Lipinski definition) is 3. The molecule has 0 heterocycles. The lowest BCUT2D eigenvalue weighted by Crippen LogP contribution is -2.40. The van der Waals surface area contributed by atoms with Crippen molar-refractivity contribution in [1.82, 2.24) is 10.6 Å². The molecule has 0 radical (unpaired) electrons. The number of amides is 3. The molecule has 2 aromatic carbocycles. The van der Waals surface area contributed by atoms with Crippen molar-refractivity contribution in [3.05, 3.63) is 58.1 Å². The van der Waals surface area contributed by atoms with Crippen LogP contribution in [0.25, 0.3) is 0 Å². The molecule has 2 aromatic rings. The second kappa shape index (κ2) is 9.59. The summed E-state index contributed by atoms with van der Waals surface area (Å²) in [5.41, 5.74) is 7.60. The van der Waals surface area contributed by atoms with Crippen molar-refractivity contribution in [3.63, 3.8) is 0 Å². The Balaban J connectivity index is 1.72. The lowest BCUT2D eigenvalue weighted by Gasteiger charge is -2.20. The summed E-state index contributed by atoms with van der Waals surface area (Å²) < 4.78 is 6.65. The van der Waals surface area contributed by atoms with Crippen molar-refractivity contribution < 1.29 is 14.3 Å². The predicted octanol–water partition coefficient (Wildman–Crippen LogP) is 4.24. The summed E-state index contributed by atoms with van der Waals surface area (Å²) in [5.74, 6) is 0.224. The molecule has 7 heteroatoms. The summed E-state index contributed by atoms with van der Waals surface area (Å²) in [6.07, 6.45) is 0.600. The molecule has 0 unspecified atom stereocenters. The first kappa shape index (κ1) is 21.8. The van der Waals surface area contributed by atoms with Crippen LogP contribution in [-0.4, -0.2) is 25.1 Å². The molecule has 0 spiro atoms. The van der Waals surface area contributed by atoms with Crippen molar-refractivity contribution in [1.29, 1.82) is 0 Å². The number of para-hydroxylation sites is 1. The molecular weight excluding hydrogens is 422 g/mol. The summed E-state index contributed by atoms with van der Waals surface area (Å²) in [4.78, 5) is 23.8. The van der Waals surface area contributed by atoms with Gasteiger partial charge >= 0.3 is 6.03 Å². The number of anilines is 1. The number of ether oxygens (including phenoxy) is 1. The minimum atomic E-state index is -0.566. The lowest BCUT2D eigenvalue weighted by atomic mass is 9.87. The topological polar surface area (TPSA) is 93.5 Å². The highest BCUT2D eigenvalue weighted by atomic mass is 79.9. The van der Waals surface area contributed by atoms with Crippen molar-refractivity contribution in [2.75, 3.05) is 18.9 Å². The highest BCUT2D eigenvalue weighted by Gasteiger charge is 2.15. The smallest absolute Gasteiger partial charge is 0.321 e. The van der Waals surface area contributed by atoms with E-state index < -0.39 is 11.9 Å². The zero-order valence-corrected chi connectivity index (χ0v) is 17.9. The molecule has 0 aliphatic rings. The molecule has 3 amide bonds. The van der Waals surface area contributed by atoms with Gasteiger partial charge in [-0.15, -0.1) is 0 Å². The predicted molar refractivity (Wildman–Crippen MR) is 115 cm³/mol. The van der Waals surface area contributed by atoms with Crippen LogP contribution in [0.1, 0.15) is 43.1 Å². The average Bonchev–Trinajstić information content (AvgIpc) is 2.62. The summed E-state index contributed by atoms with van der Waals surface area (Å²) in [6, 6.07) is 12.1. The number of carbonyl (C=O) groups is 2. The SMILES string of the molecule is CC(C)(C)c1ccc(OCCCNC(=O)NC(=O)c2ccccc2N)c(Br)c1. The van der Waals surface area contributed by atoms with Gasteiger partial charge in [0.25, 0.3) is 5.91 Å². The van der Waals surface area contributed by atoms with Gasteiger partial charge in [0.05, 0.1) is 16.6 Å². The number of benzene rings is 2. The second-order valence-corrected chi connectivity index (χ2v) is 8.25. The summed E-state index contributed by atoms with van der Waals surface area (Å²) >= 11 is 3.53. The van der Waals surface area contributed by atoms with Crippen molar-refractivity contribution in [3.8, 4) is 5.75 Å². The van der Waals surface area contributed by atoms with Gasteiger partial charge < -0.3 is 15.8 Å². The second-order valence-electron chi connectivity index (χ2n) is 7.39. The molecule has 2 rings (SSSR count). The van der Waals surface area contributed by atoms with Crippen LogP contribution in [-0.2, 0) is 5.41 Å². The van der Waals surface area contributed by atoms with Crippen LogP contribution >= 0.6 is 15.9 Å². The number of nitrogen functional groups attached to an aromatic ring is 1. The van der Waals surface area contributed by atoms with Crippen LogP contribution in [0.4, 0.5) is 10.5 Å². The minimum Gasteiger partial charge on any atom is -0.492 e. The molecule has 150 valence electrons.